The number of hydrogen-bond donors (Lipinski definition) is 2. The van der Waals surface area contributed by atoms with Gasteiger partial charge in [-0.15, -0.1) is 11.3 Å². The molecule has 16 heavy (non-hydrogen) atoms. The monoisotopic (exact) mass is 260 g/mol. The maximum Gasteiger partial charge on any atom is 0.324 e. The van der Waals surface area contributed by atoms with E-state index in [2.05, 4.69) is 19.9 Å². The van der Waals surface area contributed by atoms with E-state index >= 15 is 0 Å². The van der Waals surface area contributed by atoms with Gasteiger partial charge in [-0.3, -0.25) is 4.72 Å². The number of rotatable bonds is 6. The van der Waals surface area contributed by atoms with E-state index in [1.807, 2.05) is 19.4 Å². The van der Waals surface area contributed by atoms with Crippen LogP contribution in [0, 0.1) is 0 Å². The molecule has 0 unspecified atom stereocenters. The predicted octanol–water partition coefficient (Wildman–Crippen LogP) is 1.55. The van der Waals surface area contributed by atoms with Crippen molar-refractivity contribution in [1.82, 2.24) is 15.0 Å². The number of nitrogens with one attached hydrogen (secondary N) is 2. The number of hydrogen-bond acceptors (Lipinski definition) is 5. The average Bonchev–Trinajstić information content (AvgIpc) is 2.78. The summed E-state index contributed by atoms with van der Waals surface area (Å²) in [5.41, 5.74) is 0. The second kappa shape index (κ2) is 7.34. The molecule has 0 bridgehead atoms. The van der Waals surface area contributed by atoms with Crippen molar-refractivity contribution in [3.05, 3.63) is 11.6 Å². The molecule has 90 valence electrons. The molecule has 0 spiro atoms. The van der Waals surface area contributed by atoms with Gasteiger partial charge in [0.15, 0.2) is 5.13 Å². The highest BCUT2D eigenvalue weighted by Gasteiger charge is 2.03. The molecule has 0 aliphatic carbocycles. The minimum absolute atomic E-state index is 0.135. The first kappa shape index (κ1) is 13.1. The van der Waals surface area contributed by atoms with Crippen molar-refractivity contribution in [1.29, 1.82) is 0 Å². The Bertz CT molecular complexity index is 304. The number of carbonyl (C=O) groups excluding carboxylic acids is 1. The second-order valence-corrected chi connectivity index (χ2v) is 4.82. The van der Waals surface area contributed by atoms with Gasteiger partial charge in [0.1, 0.15) is 0 Å². The molecule has 1 aromatic heterocycles. The average molecular weight is 260 g/mol. The molecule has 7 heteroatoms. The van der Waals surface area contributed by atoms with Crippen LogP contribution >= 0.6 is 23.3 Å². The van der Waals surface area contributed by atoms with E-state index in [-0.39, 0.29) is 6.03 Å². The van der Waals surface area contributed by atoms with Gasteiger partial charge in [0.2, 0.25) is 0 Å². The van der Waals surface area contributed by atoms with Crippen molar-refractivity contribution in [3.8, 4) is 0 Å². The molecule has 0 saturated heterocycles. The molecule has 0 aliphatic rings. The Hall–Kier alpha value is -0.950. The summed E-state index contributed by atoms with van der Waals surface area (Å²) in [6.07, 6.45) is 1.79. The van der Waals surface area contributed by atoms with Crippen LogP contribution in [0.3, 0.4) is 0 Å². The summed E-state index contributed by atoms with van der Waals surface area (Å²) < 4.78 is 2.71. The van der Waals surface area contributed by atoms with Crippen LogP contribution in [-0.4, -0.2) is 36.9 Å². The van der Waals surface area contributed by atoms with Crippen LogP contribution in [0.4, 0.5) is 9.93 Å². The largest absolute Gasteiger partial charge is 0.350 e. The minimum atomic E-state index is -0.135. The van der Waals surface area contributed by atoms with Crippen LogP contribution in [0.2, 0.25) is 0 Å². The quantitative estimate of drug-likeness (QED) is 0.602. The minimum Gasteiger partial charge on any atom is -0.350 e. The maximum atomic E-state index is 11.0. The standard InChI is InChI=1S/C9H16N4OS2/c1-3-10-8(14)12-16-7-5-13(2)9-11-4-6-15-9/h4,6H,3,5,7H2,1-2H3,(H2,10,12,14). The van der Waals surface area contributed by atoms with Crippen LogP contribution in [0.1, 0.15) is 6.92 Å². The lowest BCUT2D eigenvalue weighted by Crippen LogP contribution is -2.32. The third-order valence-electron chi connectivity index (χ3n) is 1.78. The third-order valence-corrected chi connectivity index (χ3v) is 3.38. The van der Waals surface area contributed by atoms with Crippen LogP contribution in [0.15, 0.2) is 11.6 Å². The van der Waals surface area contributed by atoms with E-state index in [1.54, 1.807) is 17.5 Å². The number of urea groups is 1. The molecule has 5 nitrogen and oxygen atoms in total. The first-order valence-corrected chi connectivity index (χ1v) is 6.86. The van der Waals surface area contributed by atoms with E-state index in [1.165, 1.54) is 11.9 Å². The summed E-state index contributed by atoms with van der Waals surface area (Å²) in [5, 5.41) is 5.62. The zero-order chi connectivity index (χ0) is 11.8. The van der Waals surface area contributed by atoms with Crippen LogP contribution in [-0.2, 0) is 0 Å². The van der Waals surface area contributed by atoms with Gasteiger partial charge in [-0.25, -0.2) is 9.78 Å². The first-order valence-electron chi connectivity index (χ1n) is 5.00. The van der Waals surface area contributed by atoms with Gasteiger partial charge in [0, 0.05) is 37.5 Å². The Labute approximate surface area is 104 Å². The van der Waals surface area contributed by atoms with Crippen molar-refractivity contribution in [2.24, 2.45) is 0 Å². The van der Waals surface area contributed by atoms with E-state index in [4.69, 9.17) is 0 Å². The van der Waals surface area contributed by atoms with Gasteiger partial charge in [0.25, 0.3) is 0 Å². The molecule has 1 heterocycles. The highest BCUT2D eigenvalue weighted by atomic mass is 32.2. The lowest BCUT2D eigenvalue weighted by atomic mass is 10.7. The zero-order valence-electron chi connectivity index (χ0n) is 9.40. The number of amides is 2. The Morgan fingerprint density at radius 1 is 1.69 bits per heavy atom. The summed E-state index contributed by atoms with van der Waals surface area (Å²) in [6.45, 7) is 3.39. The highest BCUT2D eigenvalue weighted by molar-refractivity contribution is 7.97. The normalized spacial score (nSPS) is 9.88. The van der Waals surface area contributed by atoms with E-state index in [9.17, 15) is 4.79 Å². The molecule has 0 aromatic carbocycles. The van der Waals surface area contributed by atoms with Crippen molar-refractivity contribution < 1.29 is 4.79 Å². The third kappa shape index (κ3) is 4.71. The molecule has 0 atom stereocenters. The van der Waals surface area contributed by atoms with Crippen LogP contribution in [0.25, 0.3) is 0 Å². The molecule has 0 saturated carbocycles. The highest BCUT2D eigenvalue weighted by Crippen LogP contribution is 2.15. The molecule has 1 rings (SSSR count). The summed E-state index contributed by atoms with van der Waals surface area (Å²) in [5.74, 6) is 0.827. The first-order chi connectivity index (χ1) is 7.74. The lowest BCUT2D eigenvalue weighted by Gasteiger charge is -2.14. The van der Waals surface area contributed by atoms with Crippen molar-refractivity contribution in [2.45, 2.75) is 6.92 Å². The Balaban J connectivity index is 2.09. The van der Waals surface area contributed by atoms with Crippen LogP contribution < -0.4 is 14.9 Å². The Morgan fingerprint density at radius 3 is 3.12 bits per heavy atom. The molecule has 1 aromatic rings. The Kier molecular flexibility index (Phi) is 6.02. The summed E-state index contributed by atoms with van der Waals surface area (Å²) in [7, 11) is 1.99. The maximum absolute atomic E-state index is 11.0. The Morgan fingerprint density at radius 2 is 2.50 bits per heavy atom. The summed E-state index contributed by atoms with van der Waals surface area (Å²) in [4.78, 5) is 17.3. The fourth-order valence-corrected chi connectivity index (χ4v) is 2.30. The van der Waals surface area contributed by atoms with Crippen LogP contribution in [0.5, 0.6) is 0 Å². The topological polar surface area (TPSA) is 57.3 Å². The van der Waals surface area contributed by atoms with E-state index in [0.717, 1.165) is 17.4 Å². The molecular formula is C9H16N4OS2. The van der Waals surface area contributed by atoms with E-state index < -0.39 is 0 Å². The van der Waals surface area contributed by atoms with Crippen molar-refractivity contribution in [2.75, 3.05) is 30.8 Å². The zero-order valence-corrected chi connectivity index (χ0v) is 11.0. The molecule has 2 amide bonds. The fourth-order valence-electron chi connectivity index (χ4n) is 0.996. The predicted molar refractivity (Wildman–Crippen MR) is 70.1 cm³/mol. The van der Waals surface area contributed by atoms with Gasteiger partial charge in [0.05, 0.1) is 0 Å². The lowest BCUT2D eigenvalue weighted by molar-refractivity contribution is 0.247. The van der Waals surface area contributed by atoms with Gasteiger partial charge in [-0.1, -0.05) is 0 Å². The SMILES string of the molecule is CCNC(=O)NSCCN(C)c1nccs1. The molecule has 2 N–H and O–H groups in total. The number of anilines is 1. The fraction of sp³-hybridized carbons (Fsp3) is 0.556. The molecule has 0 aliphatic heterocycles. The smallest absolute Gasteiger partial charge is 0.324 e. The van der Waals surface area contributed by atoms with Gasteiger partial charge < -0.3 is 10.2 Å². The number of thiazole rings is 1. The van der Waals surface area contributed by atoms with Crippen molar-refractivity contribution in [3.63, 3.8) is 0 Å². The van der Waals surface area contributed by atoms with E-state index in [0.29, 0.717) is 6.54 Å². The molecular weight excluding hydrogens is 244 g/mol. The number of nitrogens with zero attached hydrogens (tertiary/aromatic N) is 2. The molecule has 0 fully saturated rings. The summed E-state index contributed by atoms with van der Waals surface area (Å²) >= 11 is 3.01. The molecule has 0 radical (unpaired) electrons. The summed E-state index contributed by atoms with van der Waals surface area (Å²) in [6, 6.07) is -0.135. The second-order valence-electron chi connectivity index (χ2n) is 3.05. The number of aromatic nitrogens is 1. The number of carbonyl (C=O) groups is 1. The van der Waals surface area contributed by atoms with Gasteiger partial charge in [-0.05, 0) is 18.9 Å². The van der Waals surface area contributed by atoms with Crippen molar-refractivity contribution >= 4 is 34.4 Å². The van der Waals surface area contributed by atoms with Gasteiger partial charge in [-0.2, -0.15) is 0 Å². The van der Waals surface area contributed by atoms with Gasteiger partial charge >= 0.3 is 6.03 Å².